The molecule has 2 heterocycles. The summed E-state index contributed by atoms with van der Waals surface area (Å²) in [6.07, 6.45) is 3.87. The van der Waals surface area contributed by atoms with Crippen LogP contribution in [0.4, 0.5) is 16.2 Å². The number of aryl methyl sites for hydroxylation is 1. The van der Waals surface area contributed by atoms with E-state index in [0.29, 0.717) is 5.92 Å². The molecule has 6 heteroatoms. The number of amides is 3. The van der Waals surface area contributed by atoms with E-state index >= 15 is 0 Å². The van der Waals surface area contributed by atoms with Crippen molar-refractivity contribution in [3.63, 3.8) is 0 Å². The molecule has 3 aromatic carbocycles. The van der Waals surface area contributed by atoms with E-state index in [9.17, 15) is 9.59 Å². The number of anilines is 2. The Balaban J connectivity index is 1.32. The van der Waals surface area contributed by atoms with Gasteiger partial charge in [0.05, 0.1) is 17.1 Å². The Labute approximate surface area is 229 Å². The van der Waals surface area contributed by atoms with Gasteiger partial charge in [-0.15, -0.1) is 0 Å². The number of carbonyl (C=O) groups excluding carboxylic acids is 2. The summed E-state index contributed by atoms with van der Waals surface area (Å²) in [5.41, 5.74) is 6.98. The monoisotopic (exact) mass is 518 g/mol. The van der Waals surface area contributed by atoms with Crippen molar-refractivity contribution in [2.75, 3.05) is 16.8 Å². The number of aromatic nitrogens is 1. The molecule has 0 bridgehead atoms. The smallest absolute Gasteiger partial charge is 0.316 e. The fraction of sp³-hybridized carbons (Fsp3) is 0.273. The number of nitrogens with one attached hydrogen (secondary N) is 1. The Morgan fingerprint density at radius 1 is 0.923 bits per heavy atom. The molecule has 3 amide bonds. The number of rotatable bonds is 6. The van der Waals surface area contributed by atoms with E-state index in [0.717, 1.165) is 46.7 Å². The maximum atomic E-state index is 14.3. The molecular formula is C33H34N4O2. The molecule has 1 fully saturated rings. The molecule has 2 aliphatic rings. The van der Waals surface area contributed by atoms with Crippen LogP contribution < -0.4 is 10.2 Å². The van der Waals surface area contributed by atoms with E-state index in [2.05, 4.69) is 54.9 Å². The van der Waals surface area contributed by atoms with Gasteiger partial charge in [-0.25, -0.2) is 4.79 Å². The molecule has 0 spiro atoms. The van der Waals surface area contributed by atoms with Crippen LogP contribution in [0.3, 0.4) is 0 Å². The number of urea groups is 1. The Morgan fingerprint density at radius 2 is 1.67 bits per heavy atom. The molecule has 0 saturated heterocycles. The lowest BCUT2D eigenvalue weighted by molar-refractivity contribution is -0.119. The van der Waals surface area contributed by atoms with Gasteiger partial charge in [0.2, 0.25) is 5.91 Å². The van der Waals surface area contributed by atoms with Crippen LogP contribution in [0.2, 0.25) is 0 Å². The van der Waals surface area contributed by atoms with E-state index in [1.165, 1.54) is 5.56 Å². The third-order valence-corrected chi connectivity index (χ3v) is 7.73. The van der Waals surface area contributed by atoms with Gasteiger partial charge in [0, 0.05) is 17.9 Å². The third kappa shape index (κ3) is 4.83. The first-order chi connectivity index (χ1) is 18.9. The first kappa shape index (κ1) is 25.0. The predicted octanol–water partition coefficient (Wildman–Crippen LogP) is 7.04. The lowest BCUT2D eigenvalue weighted by Crippen LogP contribution is -2.48. The van der Waals surface area contributed by atoms with Gasteiger partial charge in [0.25, 0.3) is 0 Å². The minimum absolute atomic E-state index is 0.0118. The van der Waals surface area contributed by atoms with Crippen LogP contribution in [-0.2, 0) is 4.79 Å². The topological polar surface area (TPSA) is 57.6 Å². The second kappa shape index (κ2) is 10.1. The quantitative estimate of drug-likeness (QED) is 0.298. The molecule has 198 valence electrons. The van der Waals surface area contributed by atoms with Gasteiger partial charge >= 0.3 is 6.03 Å². The normalized spacial score (nSPS) is 16.0. The lowest BCUT2D eigenvalue weighted by atomic mass is 9.96. The van der Waals surface area contributed by atoms with Gasteiger partial charge in [-0.05, 0) is 73.2 Å². The number of fused-ring (bicyclic) bond motifs is 3. The highest BCUT2D eigenvalue weighted by Gasteiger charge is 2.40. The Morgan fingerprint density at radius 3 is 2.36 bits per heavy atom. The standard InChI is InChI=1S/C33H34N4O2/c1-22(2)24-13-15-26(16-14-24)34-33(39)36(27-17-18-27)21-31(38)37-29-11-5-4-10-28(29)35-19-7-12-30(35)32(37)25-9-6-8-23(3)20-25/h4-16,19-20,22,27,32H,17-18,21H2,1-3H3,(H,34,39). The van der Waals surface area contributed by atoms with Crippen molar-refractivity contribution < 1.29 is 9.59 Å². The van der Waals surface area contributed by atoms with Crippen LogP contribution in [-0.4, -0.2) is 34.0 Å². The number of nitrogens with zero attached hydrogens (tertiary/aromatic N) is 3. The van der Waals surface area contributed by atoms with Gasteiger partial charge in [0.1, 0.15) is 12.6 Å². The van der Waals surface area contributed by atoms with E-state index in [4.69, 9.17) is 0 Å². The molecule has 4 aromatic rings. The largest absolute Gasteiger partial charge is 0.322 e. The highest BCUT2D eigenvalue weighted by Crippen LogP contribution is 2.42. The van der Waals surface area contributed by atoms with E-state index in [1.807, 2.05) is 71.8 Å². The zero-order valence-corrected chi connectivity index (χ0v) is 22.7. The number of para-hydroxylation sites is 2. The summed E-state index contributed by atoms with van der Waals surface area (Å²) in [6, 6.07) is 27.9. The van der Waals surface area contributed by atoms with Gasteiger partial charge in [-0.3, -0.25) is 9.69 Å². The number of carbonyl (C=O) groups is 2. The van der Waals surface area contributed by atoms with Gasteiger partial charge in [-0.2, -0.15) is 0 Å². The Hall–Kier alpha value is -4.32. The third-order valence-electron chi connectivity index (χ3n) is 7.73. The van der Waals surface area contributed by atoms with Gasteiger partial charge < -0.3 is 14.8 Å². The van der Waals surface area contributed by atoms with Crippen LogP contribution >= 0.6 is 0 Å². The minimum atomic E-state index is -0.296. The summed E-state index contributed by atoms with van der Waals surface area (Å²) in [7, 11) is 0. The average molecular weight is 519 g/mol. The zero-order valence-electron chi connectivity index (χ0n) is 22.7. The van der Waals surface area contributed by atoms with Crippen LogP contribution in [0.15, 0.2) is 91.1 Å². The summed E-state index contributed by atoms with van der Waals surface area (Å²) in [4.78, 5) is 31.3. The van der Waals surface area contributed by atoms with E-state index in [1.54, 1.807) is 4.90 Å². The van der Waals surface area contributed by atoms with E-state index < -0.39 is 0 Å². The average Bonchev–Trinajstić information content (AvgIpc) is 3.66. The van der Waals surface area contributed by atoms with Crippen molar-refractivity contribution >= 4 is 23.3 Å². The van der Waals surface area contributed by atoms with Crippen molar-refractivity contribution in [2.24, 2.45) is 0 Å². The second-order valence-corrected chi connectivity index (χ2v) is 10.9. The first-order valence-corrected chi connectivity index (χ1v) is 13.7. The summed E-state index contributed by atoms with van der Waals surface area (Å²) < 4.78 is 2.16. The molecule has 1 aromatic heterocycles. The summed E-state index contributed by atoms with van der Waals surface area (Å²) in [5.74, 6) is 0.323. The molecule has 6 rings (SSSR count). The molecular weight excluding hydrogens is 484 g/mol. The maximum absolute atomic E-state index is 14.3. The molecule has 1 atom stereocenters. The van der Waals surface area contributed by atoms with Crippen molar-refractivity contribution in [1.82, 2.24) is 9.47 Å². The lowest BCUT2D eigenvalue weighted by Gasteiger charge is -2.39. The molecule has 1 aliphatic heterocycles. The van der Waals surface area contributed by atoms with Crippen molar-refractivity contribution in [1.29, 1.82) is 0 Å². The molecule has 1 aliphatic carbocycles. The molecule has 0 radical (unpaired) electrons. The SMILES string of the molecule is Cc1cccc(C2c3cccn3-c3ccccc3N2C(=O)CN(C(=O)Nc2ccc(C(C)C)cc2)C2CC2)c1. The maximum Gasteiger partial charge on any atom is 0.322 e. The minimum Gasteiger partial charge on any atom is -0.316 e. The fourth-order valence-corrected chi connectivity index (χ4v) is 5.54. The van der Waals surface area contributed by atoms with Crippen LogP contribution in [0, 0.1) is 6.92 Å². The summed E-state index contributed by atoms with van der Waals surface area (Å²) >= 11 is 0. The van der Waals surface area contributed by atoms with Crippen molar-refractivity contribution in [2.45, 2.75) is 51.6 Å². The number of benzene rings is 3. The van der Waals surface area contributed by atoms with Gasteiger partial charge in [-0.1, -0.05) is 67.9 Å². The van der Waals surface area contributed by atoms with E-state index in [-0.39, 0.29) is 30.6 Å². The fourth-order valence-electron chi connectivity index (χ4n) is 5.54. The van der Waals surface area contributed by atoms with Crippen molar-refractivity contribution in [3.8, 4) is 5.69 Å². The highest BCUT2D eigenvalue weighted by atomic mass is 16.2. The molecule has 39 heavy (non-hydrogen) atoms. The second-order valence-electron chi connectivity index (χ2n) is 10.9. The zero-order chi connectivity index (χ0) is 27.1. The molecule has 6 nitrogen and oxygen atoms in total. The molecule has 1 unspecified atom stereocenters. The summed E-state index contributed by atoms with van der Waals surface area (Å²) in [5, 5.41) is 3.03. The van der Waals surface area contributed by atoms with Crippen LogP contribution in [0.5, 0.6) is 0 Å². The summed E-state index contributed by atoms with van der Waals surface area (Å²) in [6.45, 7) is 6.37. The first-order valence-electron chi connectivity index (χ1n) is 13.7. The predicted molar refractivity (Wildman–Crippen MR) is 156 cm³/mol. The Kier molecular flexibility index (Phi) is 6.47. The number of hydrogen-bond acceptors (Lipinski definition) is 2. The number of hydrogen-bond donors (Lipinski definition) is 1. The van der Waals surface area contributed by atoms with Crippen LogP contribution in [0.25, 0.3) is 5.69 Å². The van der Waals surface area contributed by atoms with Gasteiger partial charge in [0.15, 0.2) is 0 Å². The highest BCUT2D eigenvalue weighted by molar-refractivity contribution is 6.01. The van der Waals surface area contributed by atoms with Crippen LogP contribution in [0.1, 0.15) is 61.0 Å². The molecule has 1 saturated carbocycles. The Bertz CT molecular complexity index is 1520. The molecule has 1 N–H and O–H groups in total. The van der Waals surface area contributed by atoms with Crippen molar-refractivity contribution in [3.05, 3.63) is 114 Å².